The van der Waals surface area contributed by atoms with Crippen molar-refractivity contribution >= 4 is 58.0 Å². The van der Waals surface area contributed by atoms with Crippen molar-refractivity contribution in [1.29, 1.82) is 0 Å². The molecule has 0 radical (unpaired) electrons. The molecule has 1 fully saturated rings. The molecule has 35 heavy (non-hydrogen) atoms. The van der Waals surface area contributed by atoms with Gasteiger partial charge in [-0.1, -0.05) is 67.7 Å². The molecule has 0 unspecified atom stereocenters. The van der Waals surface area contributed by atoms with E-state index in [1.807, 2.05) is 48.3 Å². The van der Waals surface area contributed by atoms with E-state index in [-0.39, 0.29) is 18.9 Å². The Morgan fingerprint density at radius 2 is 1.91 bits per heavy atom. The molecule has 1 aliphatic rings. The molecule has 1 aromatic heterocycles. The second kappa shape index (κ2) is 11.7. The number of aliphatic carboxylic acids is 1. The van der Waals surface area contributed by atoms with E-state index in [9.17, 15) is 9.59 Å². The predicted molar refractivity (Wildman–Crippen MR) is 147 cm³/mol. The molecule has 1 N–H and O–H groups in total. The highest BCUT2D eigenvalue weighted by Crippen LogP contribution is 2.35. The van der Waals surface area contributed by atoms with E-state index >= 15 is 0 Å². The predicted octanol–water partition coefficient (Wildman–Crippen LogP) is 6.11. The molecule has 0 saturated carbocycles. The van der Waals surface area contributed by atoms with Gasteiger partial charge in [0.05, 0.1) is 22.7 Å². The Hall–Kier alpha value is -2.88. The van der Waals surface area contributed by atoms with Crippen LogP contribution in [0.3, 0.4) is 0 Å². The number of rotatable bonds is 10. The number of benzene rings is 2. The van der Waals surface area contributed by atoms with Crippen LogP contribution < -0.4 is 0 Å². The number of carbonyl (C=O) groups is 2. The minimum atomic E-state index is -0.967. The molecule has 1 aliphatic heterocycles. The first kappa shape index (κ1) is 25.2. The van der Waals surface area contributed by atoms with E-state index in [4.69, 9.17) is 22.4 Å². The van der Waals surface area contributed by atoms with Crippen LogP contribution in [0.15, 0.2) is 70.6 Å². The number of carboxylic acids is 1. The summed E-state index contributed by atoms with van der Waals surface area (Å²) in [6, 6.07) is 18.1. The van der Waals surface area contributed by atoms with E-state index in [0.717, 1.165) is 28.3 Å². The lowest BCUT2D eigenvalue weighted by molar-refractivity contribution is -0.137. The van der Waals surface area contributed by atoms with Gasteiger partial charge in [-0.15, -0.1) is 11.8 Å². The van der Waals surface area contributed by atoms with Gasteiger partial charge in [-0.3, -0.25) is 14.5 Å². The van der Waals surface area contributed by atoms with Crippen LogP contribution in [-0.2, 0) is 9.59 Å². The first-order valence-electron chi connectivity index (χ1n) is 11.3. The van der Waals surface area contributed by atoms with Crippen molar-refractivity contribution in [3.63, 3.8) is 0 Å². The van der Waals surface area contributed by atoms with Gasteiger partial charge in [-0.25, -0.2) is 4.68 Å². The minimum absolute atomic E-state index is 0.0602. The largest absolute Gasteiger partial charge is 0.481 e. The molecule has 0 bridgehead atoms. The molecule has 0 atom stereocenters. The Morgan fingerprint density at radius 1 is 1.17 bits per heavy atom. The summed E-state index contributed by atoms with van der Waals surface area (Å²) in [5.41, 5.74) is 3.41. The number of nitrogens with zero attached hydrogens (tertiary/aromatic N) is 3. The van der Waals surface area contributed by atoms with Crippen molar-refractivity contribution in [2.24, 2.45) is 0 Å². The molecule has 0 spiro atoms. The molecule has 4 rings (SSSR count). The average molecular weight is 524 g/mol. The standard InChI is InChI=1S/C26H25N3O3S3/c1-2-3-15-34-21-11-9-18(10-12-21)24-19(17-29(27-24)20-7-5-4-6-8-20)16-22-25(32)28(26(33)35-22)14-13-23(30)31/h4-12,16-17H,2-3,13-15H2,1H3,(H,30,31). The smallest absolute Gasteiger partial charge is 0.305 e. The summed E-state index contributed by atoms with van der Waals surface area (Å²) in [5.74, 6) is -0.152. The van der Waals surface area contributed by atoms with Crippen LogP contribution >= 0.6 is 35.7 Å². The first-order chi connectivity index (χ1) is 17.0. The molecule has 0 aliphatic carbocycles. The fraction of sp³-hybridized carbons (Fsp3) is 0.231. The van der Waals surface area contributed by atoms with Crippen LogP contribution in [0, 0.1) is 0 Å². The van der Waals surface area contributed by atoms with Crippen LogP contribution in [0.5, 0.6) is 0 Å². The van der Waals surface area contributed by atoms with Crippen LogP contribution in [0.25, 0.3) is 23.0 Å². The van der Waals surface area contributed by atoms with E-state index in [0.29, 0.717) is 9.23 Å². The molecule has 9 heteroatoms. The highest BCUT2D eigenvalue weighted by atomic mass is 32.2. The molecular formula is C26H25N3O3S3. The monoisotopic (exact) mass is 523 g/mol. The Kier molecular flexibility index (Phi) is 8.43. The third kappa shape index (κ3) is 6.22. The second-order valence-electron chi connectivity index (χ2n) is 7.92. The van der Waals surface area contributed by atoms with E-state index < -0.39 is 5.97 Å². The number of thioether (sulfide) groups is 2. The number of carbonyl (C=O) groups excluding carboxylic acids is 1. The van der Waals surface area contributed by atoms with Crippen LogP contribution in [-0.4, -0.2) is 48.3 Å². The Morgan fingerprint density at radius 3 is 2.60 bits per heavy atom. The summed E-state index contributed by atoms with van der Waals surface area (Å²) < 4.78 is 2.17. The summed E-state index contributed by atoms with van der Waals surface area (Å²) in [6.45, 7) is 2.25. The van der Waals surface area contributed by atoms with Crippen LogP contribution in [0.2, 0.25) is 0 Å². The van der Waals surface area contributed by atoms with Gasteiger partial charge in [0.2, 0.25) is 0 Å². The fourth-order valence-electron chi connectivity index (χ4n) is 3.52. The van der Waals surface area contributed by atoms with Gasteiger partial charge in [-0.05, 0) is 42.5 Å². The zero-order chi connectivity index (χ0) is 24.8. The summed E-state index contributed by atoms with van der Waals surface area (Å²) in [5, 5.41) is 13.8. The number of aromatic nitrogens is 2. The van der Waals surface area contributed by atoms with Gasteiger partial charge in [0.1, 0.15) is 4.32 Å². The van der Waals surface area contributed by atoms with Crippen LogP contribution in [0.1, 0.15) is 31.7 Å². The van der Waals surface area contributed by atoms with Gasteiger partial charge >= 0.3 is 5.97 Å². The van der Waals surface area contributed by atoms with Crippen molar-refractivity contribution in [3.05, 3.63) is 71.3 Å². The zero-order valence-electron chi connectivity index (χ0n) is 19.2. The van der Waals surface area contributed by atoms with Crippen molar-refractivity contribution in [2.75, 3.05) is 12.3 Å². The molecule has 180 valence electrons. The Labute approximate surface area is 218 Å². The number of unbranched alkanes of at least 4 members (excludes halogenated alkanes) is 1. The van der Waals surface area contributed by atoms with Crippen molar-refractivity contribution in [3.8, 4) is 16.9 Å². The lowest BCUT2D eigenvalue weighted by Gasteiger charge is -2.12. The third-order valence-corrected chi connectivity index (χ3v) is 7.84. The number of hydrogen-bond donors (Lipinski definition) is 1. The summed E-state index contributed by atoms with van der Waals surface area (Å²) in [6.07, 6.45) is 5.90. The molecule has 6 nitrogen and oxygen atoms in total. The van der Waals surface area contributed by atoms with E-state index in [1.54, 1.807) is 10.8 Å². The second-order valence-corrected chi connectivity index (χ2v) is 10.8. The summed E-state index contributed by atoms with van der Waals surface area (Å²) in [7, 11) is 0. The van der Waals surface area contributed by atoms with Crippen molar-refractivity contribution in [2.45, 2.75) is 31.1 Å². The maximum atomic E-state index is 13.0. The van der Waals surface area contributed by atoms with Crippen molar-refractivity contribution < 1.29 is 14.7 Å². The van der Waals surface area contributed by atoms with Gasteiger partial charge in [0.15, 0.2) is 0 Å². The highest BCUT2D eigenvalue weighted by Gasteiger charge is 2.32. The Bertz CT molecular complexity index is 1250. The van der Waals surface area contributed by atoms with Gasteiger partial charge in [0.25, 0.3) is 5.91 Å². The lowest BCUT2D eigenvalue weighted by Crippen LogP contribution is -2.30. The summed E-state index contributed by atoms with van der Waals surface area (Å²) in [4.78, 5) is 26.9. The normalized spacial score (nSPS) is 14.8. The lowest BCUT2D eigenvalue weighted by atomic mass is 10.1. The maximum absolute atomic E-state index is 13.0. The number of para-hydroxylation sites is 1. The minimum Gasteiger partial charge on any atom is -0.481 e. The third-order valence-electron chi connectivity index (χ3n) is 5.37. The number of hydrogen-bond acceptors (Lipinski definition) is 6. The van der Waals surface area contributed by atoms with Gasteiger partial charge < -0.3 is 5.11 Å². The highest BCUT2D eigenvalue weighted by molar-refractivity contribution is 8.26. The molecule has 2 heterocycles. The fourth-order valence-corrected chi connectivity index (χ4v) is 5.81. The molecule has 1 amide bonds. The quantitative estimate of drug-likeness (QED) is 0.149. The van der Waals surface area contributed by atoms with Crippen LogP contribution in [0.4, 0.5) is 0 Å². The number of amides is 1. The number of thiocarbonyl (C=S) groups is 1. The summed E-state index contributed by atoms with van der Waals surface area (Å²) >= 11 is 8.37. The SMILES string of the molecule is CCCCSc1ccc(-c2nn(-c3ccccc3)cc2C=C2SC(=S)N(CCC(=O)O)C2=O)cc1. The van der Waals surface area contributed by atoms with Gasteiger partial charge in [0, 0.05) is 28.8 Å². The molecule has 2 aromatic carbocycles. The van der Waals surface area contributed by atoms with Crippen molar-refractivity contribution in [1.82, 2.24) is 14.7 Å². The molecule has 3 aromatic rings. The molecular weight excluding hydrogens is 499 g/mol. The first-order valence-corrected chi connectivity index (χ1v) is 13.5. The molecule has 1 saturated heterocycles. The topological polar surface area (TPSA) is 75.4 Å². The van der Waals surface area contributed by atoms with E-state index in [2.05, 4.69) is 31.2 Å². The number of carboxylic acid groups (broad SMARTS) is 1. The Balaban J connectivity index is 1.67. The van der Waals surface area contributed by atoms with E-state index in [1.165, 1.54) is 34.4 Å². The van der Waals surface area contributed by atoms with Gasteiger partial charge in [-0.2, -0.15) is 5.10 Å². The maximum Gasteiger partial charge on any atom is 0.305 e. The zero-order valence-corrected chi connectivity index (χ0v) is 21.7. The average Bonchev–Trinajstić information content (AvgIpc) is 3.39.